The second-order valence-electron chi connectivity index (χ2n) is 6.63. The molecule has 0 saturated carbocycles. The number of unbranched alkanes of at least 4 members (excludes halogenated alkanes) is 1. The summed E-state index contributed by atoms with van der Waals surface area (Å²) in [5.41, 5.74) is 0. The van der Waals surface area contributed by atoms with Gasteiger partial charge >= 0.3 is 0 Å². The highest BCUT2D eigenvalue weighted by Crippen LogP contribution is 2.05. The van der Waals surface area contributed by atoms with Crippen molar-refractivity contribution in [3.05, 3.63) is 18.2 Å². The molecule has 0 radical (unpaired) electrons. The Morgan fingerprint density at radius 3 is 2.52 bits per heavy atom. The molecular weight excluding hydrogens is 401 g/mol. The number of aliphatic imine (C=N–C) groups is 1. The van der Waals surface area contributed by atoms with Crippen LogP contribution in [-0.4, -0.2) is 29.1 Å². The lowest BCUT2D eigenvalue weighted by molar-refractivity contribution is 0.503. The molecule has 0 bridgehead atoms. The van der Waals surface area contributed by atoms with Crippen LogP contribution in [0.3, 0.4) is 0 Å². The van der Waals surface area contributed by atoms with Gasteiger partial charge in [-0.15, -0.1) is 24.0 Å². The first-order chi connectivity index (χ1) is 10.5. The minimum absolute atomic E-state index is 0. The number of hydrogen-bond acceptors (Lipinski definition) is 2. The molecule has 0 spiro atoms. The monoisotopic (exact) mass is 435 g/mol. The summed E-state index contributed by atoms with van der Waals surface area (Å²) in [7, 11) is 1.81. The number of imidazole rings is 1. The molecule has 0 aromatic carbocycles. The lowest BCUT2D eigenvalue weighted by Gasteiger charge is -2.14. The fourth-order valence-electron chi connectivity index (χ4n) is 2.33. The zero-order chi connectivity index (χ0) is 16.4. The van der Waals surface area contributed by atoms with E-state index in [4.69, 9.17) is 0 Å². The fraction of sp³-hybridized carbons (Fsp3) is 0.765. The van der Waals surface area contributed by atoms with E-state index in [0.717, 1.165) is 30.8 Å². The van der Waals surface area contributed by atoms with Crippen LogP contribution in [-0.2, 0) is 13.1 Å². The van der Waals surface area contributed by atoms with Crippen molar-refractivity contribution in [2.75, 3.05) is 13.6 Å². The lowest BCUT2D eigenvalue weighted by atomic mass is 10.1. The summed E-state index contributed by atoms with van der Waals surface area (Å²) in [5.74, 6) is 3.31. The van der Waals surface area contributed by atoms with Gasteiger partial charge in [-0.25, -0.2) is 4.98 Å². The molecule has 2 N–H and O–H groups in total. The van der Waals surface area contributed by atoms with E-state index in [9.17, 15) is 0 Å². The molecule has 0 unspecified atom stereocenters. The largest absolute Gasteiger partial charge is 0.356 e. The maximum Gasteiger partial charge on any atom is 0.191 e. The van der Waals surface area contributed by atoms with Crippen LogP contribution >= 0.6 is 24.0 Å². The Morgan fingerprint density at radius 2 is 1.91 bits per heavy atom. The minimum atomic E-state index is 0. The maximum atomic E-state index is 4.42. The van der Waals surface area contributed by atoms with E-state index in [0.29, 0.717) is 12.5 Å². The van der Waals surface area contributed by atoms with E-state index in [2.05, 4.69) is 52.9 Å². The predicted molar refractivity (Wildman–Crippen MR) is 109 cm³/mol. The second-order valence-corrected chi connectivity index (χ2v) is 6.63. The summed E-state index contributed by atoms with van der Waals surface area (Å²) in [6.07, 6.45) is 7.64. The zero-order valence-electron chi connectivity index (χ0n) is 15.3. The van der Waals surface area contributed by atoms with Gasteiger partial charge in [0.25, 0.3) is 0 Å². The lowest BCUT2D eigenvalue weighted by Crippen LogP contribution is -2.38. The first-order valence-electron chi connectivity index (χ1n) is 8.47. The molecule has 1 rings (SSSR count). The van der Waals surface area contributed by atoms with Gasteiger partial charge in [0, 0.05) is 32.5 Å². The number of aromatic nitrogens is 2. The smallest absolute Gasteiger partial charge is 0.191 e. The van der Waals surface area contributed by atoms with Gasteiger partial charge in [0.1, 0.15) is 5.82 Å². The molecule has 0 aliphatic carbocycles. The minimum Gasteiger partial charge on any atom is -0.356 e. The predicted octanol–water partition coefficient (Wildman–Crippen LogP) is 3.65. The molecule has 1 aromatic heterocycles. The molecule has 0 aliphatic heterocycles. The van der Waals surface area contributed by atoms with Crippen molar-refractivity contribution in [3.8, 4) is 0 Å². The highest BCUT2D eigenvalue weighted by Gasteiger charge is 2.05. The Bertz CT molecular complexity index is 440. The number of nitrogens with one attached hydrogen (secondary N) is 2. The van der Waals surface area contributed by atoms with Gasteiger partial charge in [-0.1, -0.05) is 40.5 Å². The Balaban J connectivity index is 0.00000484. The Labute approximate surface area is 158 Å². The normalized spacial score (nSPS) is 11.7. The molecule has 0 aliphatic rings. The summed E-state index contributed by atoms with van der Waals surface area (Å²) in [6.45, 7) is 11.6. The third kappa shape index (κ3) is 9.84. The third-order valence-corrected chi connectivity index (χ3v) is 3.50. The van der Waals surface area contributed by atoms with Gasteiger partial charge in [0.15, 0.2) is 5.96 Å². The van der Waals surface area contributed by atoms with Crippen molar-refractivity contribution >= 4 is 29.9 Å². The van der Waals surface area contributed by atoms with Crippen molar-refractivity contribution < 1.29 is 0 Å². The standard InChI is InChI=1S/C17H33N5.HI/c1-14(2)8-6-7-9-20-17(18-5)21-12-16-19-10-11-22(16)13-15(3)4;/h10-11,14-15H,6-9,12-13H2,1-5H3,(H2,18,20,21);1H. The SMILES string of the molecule is CN=C(NCCCCC(C)C)NCc1nccn1CC(C)C.I. The van der Waals surface area contributed by atoms with E-state index in [1.54, 1.807) is 0 Å². The third-order valence-electron chi connectivity index (χ3n) is 3.50. The van der Waals surface area contributed by atoms with E-state index in [1.165, 1.54) is 19.3 Å². The molecule has 134 valence electrons. The van der Waals surface area contributed by atoms with Crippen LogP contribution in [0, 0.1) is 11.8 Å². The molecule has 1 aromatic rings. The van der Waals surface area contributed by atoms with Crippen LogP contribution in [0.5, 0.6) is 0 Å². The molecular formula is C17H34IN5. The molecule has 23 heavy (non-hydrogen) atoms. The van der Waals surface area contributed by atoms with Crippen molar-refractivity contribution in [1.82, 2.24) is 20.2 Å². The van der Waals surface area contributed by atoms with E-state index < -0.39 is 0 Å². The first-order valence-corrected chi connectivity index (χ1v) is 8.47. The van der Waals surface area contributed by atoms with E-state index in [1.807, 2.05) is 19.4 Å². The van der Waals surface area contributed by atoms with Gasteiger partial charge in [-0.05, 0) is 18.3 Å². The summed E-state index contributed by atoms with van der Waals surface area (Å²) in [5, 5.41) is 6.71. The van der Waals surface area contributed by atoms with Crippen molar-refractivity contribution in [1.29, 1.82) is 0 Å². The van der Waals surface area contributed by atoms with Crippen molar-refractivity contribution in [3.63, 3.8) is 0 Å². The number of hydrogen-bond donors (Lipinski definition) is 2. The number of guanidine groups is 1. The fourth-order valence-corrected chi connectivity index (χ4v) is 2.33. The van der Waals surface area contributed by atoms with Gasteiger partial charge in [-0.2, -0.15) is 0 Å². The van der Waals surface area contributed by atoms with Gasteiger partial charge in [-0.3, -0.25) is 4.99 Å². The van der Waals surface area contributed by atoms with Crippen molar-refractivity contribution in [2.24, 2.45) is 16.8 Å². The number of rotatable bonds is 9. The molecule has 0 amide bonds. The highest BCUT2D eigenvalue weighted by molar-refractivity contribution is 14.0. The molecule has 0 fully saturated rings. The Hall–Kier alpha value is -0.790. The van der Waals surface area contributed by atoms with Crippen LogP contribution in [0.2, 0.25) is 0 Å². The van der Waals surface area contributed by atoms with Crippen LogP contribution in [0.1, 0.15) is 52.8 Å². The van der Waals surface area contributed by atoms with Crippen LogP contribution in [0.15, 0.2) is 17.4 Å². The van der Waals surface area contributed by atoms with Crippen LogP contribution in [0.25, 0.3) is 0 Å². The summed E-state index contributed by atoms with van der Waals surface area (Å²) >= 11 is 0. The Morgan fingerprint density at radius 1 is 1.17 bits per heavy atom. The molecule has 6 heteroatoms. The Kier molecular flexibility index (Phi) is 12.2. The summed E-state index contributed by atoms with van der Waals surface area (Å²) in [6, 6.07) is 0. The topological polar surface area (TPSA) is 54.2 Å². The number of halogens is 1. The maximum absolute atomic E-state index is 4.42. The first kappa shape index (κ1) is 22.2. The average Bonchev–Trinajstić information content (AvgIpc) is 2.88. The van der Waals surface area contributed by atoms with Crippen LogP contribution < -0.4 is 10.6 Å². The molecule has 0 saturated heterocycles. The van der Waals surface area contributed by atoms with Gasteiger partial charge < -0.3 is 15.2 Å². The van der Waals surface area contributed by atoms with E-state index >= 15 is 0 Å². The average molecular weight is 435 g/mol. The molecule has 1 heterocycles. The molecule has 5 nitrogen and oxygen atoms in total. The summed E-state index contributed by atoms with van der Waals surface area (Å²) in [4.78, 5) is 8.69. The second kappa shape index (κ2) is 12.6. The highest BCUT2D eigenvalue weighted by atomic mass is 127. The van der Waals surface area contributed by atoms with Crippen molar-refractivity contribution in [2.45, 2.75) is 60.0 Å². The van der Waals surface area contributed by atoms with E-state index in [-0.39, 0.29) is 24.0 Å². The van der Waals surface area contributed by atoms with Gasteiger partial charge in [0.2, 0.25) is 0 Å². The number of nitrogens with zero attached hydrogens (tertiary/aromatic N) is 3. The molecule has 0 atom stereocenters. The zero-order valence-corrected chi connectivity index (χ0v) is 17.6. The summed E-state index contributed by atoms with van der Waals surface area (Å²) < 4.78 is 2.20. The van der Waals surface area contributed by atoms with Gasteiger partial charge in [0.05, 0.1) is 6.54 Å². The van der Waals surface area contributed by atoms with Crippen LogP contribution in [0.4, 0.5) is 0 Å². The quantitative estimate of drug-likeness (QED) is 0.270.